The molecule has 1 saturated carbocycles. The highest BCUT2D eigenvalue weighted by molar-refractivity contribution is 5.87. The van der Waals surface area contributed by atoms with Crippen LogP contribution in [0.4, 0.5) is 4.79 Å². The van der Waals surface area contributed by atoms with Crippen LogP contribution < -0.4 is 5.32 Å². The SMILES string of the molecule is CC(C)(C)OC(=O)N1[C@@H]2CC[C@@H](C2)[C@H]1C(=O)N[C@H](C#N)Cc1ccc(-c2ccc(-n3ccnc3)cc2)cc1. The Kier molecular flexibility index (Phi) is 6.94. The van der Waals surface area contributed by atoms with Gasteiger partial charge in [-0.05, 0) is 74.8 Å². The summed E-state index contributed by atoms with van der Waals surface area (Å²) < 4.78 is 7.54. The normalized spacial score (nSPS) is 21.1. The minimum Gasteiger partial charge on any atom is -0.444 e. The number of hydrogen-bond donors (Lipinski definition) is 1. The highest BCUT2D eigenvalue weighted by Crippen LogP contribution is 2.43. The number of aromatic nitrogens is 2. The van der Waals surface area contributed by atoms with E-state index in [2.05, 4.69) is 28.5 Å². The smallest absolute Gasteiger partial charge is 0.411 e. The fourth-order valence-corrected chi connectivity index (χ4v) is 5.60. The lowest BCUT2D eigenvalue weighted by Crippen LogP contribution is -2.55. The molecule has 38 heavy (non-hydrogen) atoms. The number of carbonyl (C=O) groups excluding carboxylic acids is 2. The van der Waals surface area contributed by atoms with Crippen molar-refractivity contribution in [2.75, 3.05) is 0 Å². The first-order valence-electron chi connectivity index (χ1n) is 13.1. The maximum absolute atomic E-state index is 13.3. The second kappa shape index (κ2) is 10.3. The molecule has 8 heteroatoms. The number of nitrogens with one attached hydrogen (secondary N) is 1. The van der Waals surface area contributed by atoms with E-state index in [1.165, 1.54) is 0 Å². The Morgan fingerprint density at radius 1 is 1.11 bits per heavy atom. The fourth-order valence-electron chi connectivity index (χ4n) is 5.60. The Labute approximate surface area is 223 Å². The van der Waals surface area contributed by atoms with Crippen molar-refractivity contribution in [2.24, 2.45) is 5.92 Å². The maximum Gasteiger partial charge on any atom is 0.411 e. The number of carbonyl (C=O) groups is 2. The molecule has 2 bridgehead atoms. The second-order valence-electron chi connectivity index (χ2n) is 11.2. The summed E-state index contributed by atoms with van der Waals surface area (Å²) in [6.45, 7) is 5.46. The van der Waals surface area contributed by atoms with Crippen LogP contribution in [0.15, 0.2) is 67.3 Å². The summed E-state index contributed by atoms with van der Waals surface area (Å²) in [6, 6.07) is 17.2. The van der Waals surface area contributed by atoms with E-state index in [9.17, 15) is 14.9 Å². The van der Waals surface area contributed by atoms with Crippen LogP contribution in [-0.2, 0) is 16.0 Å². The Bertz CT molecular complexity index is 1320. The van der Waals surface area contributed by atoms with Crippen LogP contribution in [0, 0.1) is 17.2 Å². The van der Waals surface area contributed by atoms with Gasteiger partial charge in [0.15, 0.2) is 0 Å². The van der Waals surface area contributed by atoms with Crippen molar-refractivity contribution in [3.63, 3.8) is 0 Å². The van der Waals surface area contributed by atoms with Gasteiger partial charge in [-0.3, -0.25) is 9.69 Å². The molecule has 1 saturated heterocycles. The van der Waals surface area contributed by atoms with E-state index in [0.717, 1.165) is 41.6 Å². The molecule has 1 N–H and O–H groups in total. The molecular formula is C30H33N5O3. The number of amides is 2. The van der Waals surface area contributed by atoms with Gasteiger partial charge in [0.2, 0.25) is 5.91 Å². The summed E-state index contributed by atoms with van der Waals surface area (Å²) >= 11 is 0. The van der Waals surface area contributed by atoms with E-state index in [1.807, 2.05) is 67.9 Å². The molecule has 2 fully saturated rings. The molecule has 5 rings (SSSR count). The van der Waals surface area contributed by atoms with Crippen LogP contribution in [0.2, 0.25) is 0 Å². The van der Waals surface area contributed by atoms with Gasteiger partial charge in [0, 0.05) is 30.5 Å². The minimum atomic E-state index is -0.692. The van der Waals surface area contributed by atoms with Gasteiger partial charge in [0.1, 0.15) is 17.7 Å². The van der Waals surface area contributed by atoms with Gasteiger partial charge in [0.05, 0.1) is 12.4 Å². The quantitative estimate of drug-likeness (QED) is 0.509. The van der Waals surface area contributed by atoms with Crippen molar-refractivity contribution >= 4 is 12.0 Å². The van der Waals surface area contributed by atoms with Crippen molar-refractivity contribution in [1.29, 1.82) is 5.26 Å². The van der Waals surface area contributed by atoms with Gasteiger partial charge in [-0.1, -0.05) is 36.4 Å². The molecule has 8 nitrogen and oxygen atoms in total. The standard InChI is InChI=1S/C30H33N5O3/c1-30(2,3)38-29(37)35-26-13-10-23(17-26)27(35)28(36)33-24(18-31)16-20-4-6-21(7-5-20)22-8-11-25(12-9-22)34-15-14-32-19-34/h4-9,11-12,14-15,19,23-24,26-27H,10,13,16-17H2,1-3H3,(H,33,36)/t23-,24-,26+,27-/m0/s1. The van der Waals surface area contributed by atoms with E-state index < -0.39 is 23.8 Å². The third-order valence-corrected chi connectivity index (χ3v) is 7.33. The topological polar surface area (TPSA) is 100 Å². The molecule has 0 unspecified atom stereocenters. The molecule has 196 valence electrons. The summed E-state index contributed by atoms with van der Waals surface area (Å²) in [6.07, 6.45) is 7.94. The molecule has 0 radical (unpaired) electrons. The van der Waals surface area contributed by atoms with Crippen LogP contribution in [0.5, 0.6) is 0 Å². The summed E-state index contributed by atoms with van der Waals surface area (Å²) in [5.41, 5.74) is 3.51. The number of fused-ring (bicyclic) bond motifs is 2. The first-order chi connectivity index (χ1) is 18.2. The number of ether oxygens (including phenoxy) is 1. The molecule has 2 aromatic carbocycles. The molecule has 1 aliphatic heterocycles. The fraction of sp³-hybridized carbons (Fsp3) is 0.400. The van der Waals surface area contributed by atoms with Gasteiger partial charge in [0.25, 0.3) is 0 Å². The molecule has 1 aliphatic carbocycles. The lowest BCUT2D eigenvalue weighted by Gasteiger charge is -2.35. The third kappa shape index (κ3) is 5.42. The largest absolute Gasteiger partial charge is 0.444 e. The van der Waals surface area contributed by atoms with Crippen molar-refractivity contribution < 1.29 is 14.3 Å². The Morgan fingerprint density at radius 3 is 2.39 bits per heavy atom. The number of imidazole rings is 1. The summed E-state index contributed by atoms with van der Waals surface area (Å²) in [4.78, 5) is 31.9. The van der Waals surface area contributed by atoms with Crippen LogP contribution in [0.1, 0.15) is 45.6 Å². The molecule has 0 spiro atoms. The minimum absolute atomic E-state index is 0.0210. The zero-order valence-electron chi connectivity index (χ0n) is 22.0. The van der Waals surface area contributed by atoms with E-state index in [-0.39, 0.29) is 17.9 Å². The Hall–Kier alpha value is -4.12. The summed E-state index contributed by atoms with van der Waals surface area (Å²) in [5.74, 6) is -0.171. The zero-order chi connectivity index (χ0) is 26.9. The lowest BCUT2D eigenvalue weighted by atomic mass is 9.97. The molecule has 4 atom stereocenters. The van der Waals surface area contributed by atoms with E-state index in [4.69, 9.17) is 4.74 Å². The van der Waals surface area contributed by atoms with Crippen molar-refractivity contribution in [3.05, 3.63) is 72.8 Å². The molecule has 3 aromatic rings. The molecular weight excluding hydrogens is 478 g/mol. The van der Waals surface area contributed by atoms with E-state index >= 15 is 0 Å². The lowest BCUT2D eigenvalue weighted by molar-refractivity contribution is -0.128. The molecule has 2 aliphatic rings. The van der Waals surface area contributed by atoms with Crippen molar-refractivity contribution in [3.8, 4) is 22.9 Å². The van der Waals surface area contributed by atoms with Gasteiger partial charge >= 0.3 is 6.09 Å². The number of nitrogens with zero attached hydrogens (tertiary/aromatic N) is 4. The number of likely N-dealkylation sites (tertiary alicyclic amines) is 1. The first kappa shape index (κ1) is 25.5. The summed E-state index contributed by atoms with van der Waals surface area (Å²) in [5, 5.41) is 12.7. The number of benzene rings is 2. The van der Waals surface area contributed by atoms with Crippen LogP contribution >= 0.6 is 0 Å². The highest BCUT2D eigenvalue weighted by Gasteiger charge is 2.52. The molecule has 2 heterocycles. The first-order valence-corrected chi connectivity index (χ1v) is 13.1. The highest BCUT2D eigenvalue weighted by atomic mass is 16.6. The van der Waals surface area contributed by atoms with E-state index in [1.54, 1.807) is 17.4 Å². The van der Waals surface area contributed by atoms with Gasteiger partial charge in [-0.25, -0.2) is 9.78 Å². The van der Waals surface area contributed by atoms with Gasteiger partial charge < -0.3 is 14.6 Å². The number of hydrogen-bond acceptors (Lipinski definition) is 5. The monoisotopic (exact) mass is 511 g/mol. The number of rotatable bonds is 6. The molecule has 1 aromatic heterocycles. The predicted octanol–water partition coefficient (Wildman–Crippen LogP) is 4.88. The van der Waals surface area contributed by atoms with Gasteiger partial charge in [-0.15, -0.1) is 0 Å². The Morgan fingerprint density at radius 2 is 1.79 bits per heavy atom. The zero-order valence-corrected chi connectivity index (χ0v) is 22.0. The van der Waals surface area contributed by atoms with Crippen molar-refractivity contribution in [2.45, 2.75) is 70.2 Å². The van der Waals surface area contributed by atoms with Crippen LogP contribution in [0.25, 0.3) is 16.8 Å². The van der Waals surface area contributed by atoms with Crippen LogP contribution in [-0.4, -0.2) is 50.2 Å². The van der Waals surface area contributed by atoms with Crippen LogP contribution in [0.3, 0.4) is 0 Å². The van der Waals surface area contributed by atoms with Gasteiger partial charge in [-0.2, -0.15) is 5.26 Å². The maximum atomic E-state index is 13.3. The third-order valence-electron chi connectivity index (χ3n) is 7.33. The molecule has 2 amide bonds. The predicted molar refractivity (Wildman–Crippen MR) is 143 cm³/mol. The second-order valence-corrected chi connectivity index (χ2v) is 11.2. The van der Waals surface area contributed by atoms with Crippen molar-refractivity contribution in [1.82, 2.24) is 19.8 Å². The number of nitriles is 1. The number of piperidine rings is 1. The van der Waals surface area contributed by atoms with E-state index in [0.29, 0.717) is 6.42 Å². The Balaban J connectivity index is 1.22. The average Bonchev–Trinajstić information content (AvgIpc) is 3.66. The summed E-state index contributed by atoms with van der Waals surface area (Å²) in [7, 11) is 0. The average molecular weight is 512 g/mol.